The Labute approximate surface area is 93.7 Å². The van der Waals surface area contributed by atoms with Gasteiger partial charge in [-0.15, -0.1) is 0 Å². The molecule has 7 heteroatoms. The molecule has 1 aliphatic heterocycles. The number of aliphatic hydroxyl groups excluding tert-OH is 3. The molecule has 0 aromatic carbocycles. The zero-order valence-electron chi connectivity index (χ0n) is 8.99. The lowest BCUT2D eigenvalue weighted by molar-refractivity contribution is -0.271. The van der Waals surface area contributed by atoms with Crippen LogP contribution >= 0.6 is 0 Å². The molecule has 2 unspecified atom stereocenters. The Bertz CT molecular complexity index is 193. The SMILES string of the molecule is NCCOCCO[C@H]1OC[C@@H](O)C(O)C1O. The normalized spacial score (nSPS) is 35.2. The Morgan fingerprint density at radius 1 is 1.12 bits per heavy atom. The van der Waals surface area contributed by atoms with E-state index in [2.05, 4.69) is 0 Å². The molecule has 0 amide bonds. The fourth-order valence-electron chi connectivity index (χ4n) is 1.33. The van der Waals surface area contributed by atoms with Gasteiger partial charge in [-0.2, -0.15) is 0 Å². The van der Waals surface area contributed by atoms with Crippen LogP contribution in [-0.4, -0.2) is 72.9 Å². The van der Waals surface area contributed by atoms with E-state index in [1.807, 2.05) is 0 Å². The van der Waals surface area contributed by atoms with Crippen LogP contribution < -0.4 is 5.73 Å². The minimum Gasteiger partial charge on any atom is -0.388 e. The van der Waals surface area contributed by atoms with Crippen LogP contribution in [0, 0.1) is 0 Å². The van der Waals surface area contributed by atoms with Gasteiger partial charge in [-0.25, -0.2) is 0 Å². The Morgan fingerprint density at radius 3 is 2.56 bits per heavy atom. The zero-order chi connectivity index (χ0) is 12.0. The Balaban J connectivity index is 2.16. The molecule has 0 aromatic heterocycles. The summed E-state index contributed by atoms with van der Waals surface area (Å²) in [6.07, 6.45) is -4.51. The van der Waals surface area contributed by atoms with Crippen LogP contribution in [0.25, 0.3) is 0 Å². The Morgan fingerprint density at radius 2 is 1.88 bits per heavy atom. The van der Waals surface area contributed by atoms with Gasteiger partial charge < -0.3 is 35.3 Å². The highest BCUT2D eigenvalue weighted by Crippen LogP contribution is 2.16. The minimum absolute atomic E-state index is 0.0629. The first-order valence-corrected chi connectivity index (χ1v) is 5.22. The summed E-state index contributed by atoms with van der Waals surface area (Å²) < 4.78 is 15.2. The van der Waals surface area contributed by atoms with Crippen molar-refractivity contribution in [3.63, 3.8) is 0 Å². The maximum atomic E-state index is 9.49. The molecule has 0 aliphatic carbocycles. The Kier molecular flexibility index (Phi) is 6.14. The molecule has 7 nitrogen and oxygen atoms in total. The monoisotopic (exact) mass is 237 g/mol. The second-order valence-corrected chi connectivity index (χ2v) is 3.52. The second-order valence-electron chi connectivity index (χ2n) is 3.52. The molecule has 1 aliphatic rings. The average Bonchev–Trinajstić information content (AvgIpc) is 2.28. The molecule has 0 radical (unpaired) electrons. The summed E-state index contributed by atoms with van der Waals surface area (Å²) in [5.74, 6) is 0. The molecule has 1 saturated heterocycles. The fourth-order valence-corrected chi connectivity index (χ4v) is 1.33. The summed E-state index contributed by atoms with van der Waals surface area (Å²) >= 11 is 0. The van der Waals surface area contributed by atoms with Gasteiger partial charge in [0.2, 0.25) is 0 Å². The van der Waals surface area contributed by atoms with Crippen molar-refractivity contribution in [2.45, 2.75) is 24.6 Å². The summed E-state index contributed by atoms with van der Waals surface area (Å²) in [6.45, 7) is 1.38. The van der Waals surface area contributed by atoms with Crippen LogP contribution in [0.5, 0.6) is 0 Å². The van der Waals surface area contributed by atoms with Crippen molar-refractivity contribution in [3.8, 4) is 0 Å². The Hall–Kier alpha value is -0.280. The van der Waals surface area contributed by atoms with Gasteiger partial charge in [0, 0.05) is 6.54 Å². The summed E-state index contributed by atoms with van der Waals surface area (Å²) in [7, 11) is 0. The predicted molar refractivity (Wildman–Crippen MR) is 53.6 cm³/mol. The fraction of sp³-hybridized carbons (Fsp3) is 1.00. The van der Waals surface area contributed by atoms with E-state index in [9.17, 15) is 15.3 Å². The van der Waals surface area contributed by atoms with Crippen molar-refractivity contribution in [1.29, 1.82) is 0 Å². The minimum atomic E-state index is -1.25. The van der Waals surface area contributed by atoms with Crippen LogP contribution in [0.15, 0.2) is 0 Å². The van der Waals surface area contributed by atoms with Gasteiger partial charge in [0.15, 0.2) is 6.29 Å². The van der Waals surface area contributed by atoms with Crippen molar-refractivity contribution in [2.24, 2.45) is 5.73 Å². The molecular formula is C9H19NO6. The summed E-state index contributed by atoms with van der Waals surface area (Å²) in [5, 5.41) is 28.0. The maximum absolute atomic E-state index is 9.49. The molecule has 1 rings (SSSR count). The lowest BCUT2D eigenvalue weighted by Crippen LogP contribution is -2.53. The molecule has 0 aromatic rings. The third-order valence-corrected chi connectivity index (χ3v) is 2.23. The zero-order valence-corrected chi connectivity index (χ0v) is 8.99. The van der Waals surface area contributed by atoms with Crippen molar-refractivity contribution in [2.75, 3.05) is 33.0 Å². The summed E-state index contributed by atoms with van der Waals surface area (Å²) in [6, 6.07) is 0. The first-order valence-electron chi connectivity index (χ1n) is 5.22. The van der Waals surface area contributed by atoms with E-state index in [-0.39, 0.29) is 13.2 Å². The molecule has 0 saturated carbocycles. The third kappa shape index (κ3) is 3.95. The van der Waals surface area contributed by atoms with E-state index in [1.54, 1.807) is 0 Å². The van der Waals surface area contributed by atoms with Gasteiger partial charge in [-0.1, -0.05) is 0 Å². The largest absolute Gasteiger partial charge is 0.388 e. The van der Waals surface area contributed by atoms with Gasteiger partial charge in [-0.3, -0.25) is 0 Å². The first kappa shape index (κ1) is 13.8. The molecule has 1 fully saturated rings. The van der Waals surface area contributed by atoms with Gasteiger partial charge >= 0.3 is 0 Å². The molecule has 4 atom stereocenters. The number of ether oxygens (including phenoxy) is 3. The van der Waals surface area contributed by atoms with Gasteiger partial charge in [0.05, 0.1) is 26.4 Å². The highest BCUT2D eigenvalue weighted by Gasteiger charge is 2.37. The van der Waals surface area contributed by atoms with Gasteiger partial charge in [0.25, 0.3) is 0 Å². The maximum Gasteiger partial charge on any atom is 0.186 e. The number of nitrogens with two attached hydrogens (primary N) is 1. The van der Waals surface area contributed by atoms with Gasteiger partial charge in [0.1, 0.15) is 18.3 Å². The van der Waals surface area contributed by atoms with Crippen molar-refractivity contribution >= 4 is 0 Å². The molecular weight excluding hydrogens is 218 g/mol. The number of hydrogen-bond donors (Lipinski definition) is 4. The van der Waals surface area contributed by atoms with Crippen molar-refractivity contribution < 1.29 is 29.5 Å². The van der Waals surface area contributed by atoms with Crippen LogP contribution in [0.3, 0.4) is 0 Å². The number of hydrogen-bond acceptors (Lipinski definition) is 7. The van der Waals surface area contributed by atoms with Crippen molar-refractivity contribution in [1.82, 2.24) is 0 Å². The van der Waals surface area contributed by atoms with Crippen LogP contribution in [0.1, 0.15) is 0 Å². The third-order valence-electron chi connectivity index (χ3n) is 2.23. The van der Waals surface area contributed by atoms with E-state index in [1.165, 1.54) is 0 Å². The van der Waals surface area contributed by atoms with E-state index in [4.69, 9.17) is 19.9 Å². The second kappa shape index (κ2) is 7.13. The average molecular weight is 237 g/mol. The summed E-state index contributed by atoms with van der Waals surface area (Å²) in [4.78, 5) is 0. The van der Waals surface area contributed by atoms with E-state index in [0.29, 0.717) is 19.8 Å². The van der Waals surface area contributed by atoms with E-state index in [0.717, 1.165) is 0 Å². The van der Waals surface area contributed by atoms with Crippen LogP contribution in [0.4, 0.5) is 0 Å². The predicted octanol–water partition coefficient (Wildman–Crippen LogP) is -2.58. The quantitative estimate of drug-likeness (QED) is 0.375. The molecule has 0 bridgehead atoms. The molecule has 16 heavy (non-hydrogen) atoms. The smallest absolute Gasteiger partial charge is 0.186 e. The highest BCUT2D eigenvalue weighted by atomic mass is 16.7. The molecule has 1 heterocycles. The van der Waals surface area contributed by atoms with Crippen LogP contribution in [-0.2, 0) is 14.2 Å². The first-order chi connectivity index (χ1) is 7.66. The topological polar surface area (TPSA) is 114 Å². The van der Waals surface area contributed by atoms with E-state index >= 15 is 0 Å². The van der Waals surface area contributed by atoms with Crippen molar-refractivity contribution in [3.05, 3.63) is 0 Å². The highest BCUT2D eigenvalue weighted by molar-refractivity contribution is 4.82. The lowest BCUT2D eigenvalue weighted by atomic mass is 10.1. The number of rotatable bonds is 6. The molecule has 96 valence electrons. The van der Waals surface area contributed by atoms with Gasteiger partial charge in [-0.05, 0) is 0 Å². The lowest BCUT2D eigenvalue weighted by Gasteiger charge is -2.34. The molecule has 0 spiro atoms. The standard InChI is InChI=1S/C9H19NO6/c10-1-2-14-3-4-15-9-8(13)7(12)6(11)5-16-9/h6-9,11-13H,1-5,10H2/t6-,7?,8?,9+/m1/s1. The summed E-state index contributed by atoms with van der Waals surface area (Å²) in [5.41, 5.74) is 5.22. The number of aliphatic hydroxyl groups is 3. The van der Waals surface area contributed by atoms with E-state index < -0.39 is 24.6 Å². The molecule has 5 N–H and O–H groups in total. The van der Waals surface area contributed by atoms with Crippen LogP contribution in [0.2, 0.25) is 0 Å².